The summed E-state index contributed by atoms with van der Waals surface area (Å²) in [7, 11) is 1.32. The lowest BCUT2D eigenvalue weighted by Crippen LogP contribution is -2.34. The normalized spacial score (nSPS) is 10.8. The number of anilines is 1. The number of benzene rings is 1. The molecule has 0 saturated carbocycles. The van der Waals surface area contributed by atoms with Gasteiger partial charge in [-0.05, 0) is 23.6 Å². The van der Waals surface area contributed by atoms with Crippen molar-refractivity contribution in [3.63, 3.8) is 0 Å². The van der Waals surface area contributed by atoms with Crippen LogP contribution in [0.3, 0.4) is 0 Å². The van der Waals surface area contributed by atoms with Crippen LogP contribution in [-0.2, 0) is 11.3 Å². The number of hydrogen-bond donors (Lipinski definition) is 3. The molecule has 0 radical (unpaired) electrons. The molecule has 0 fully saturated rings. The number of guanidine groups is 1. The smallest absolute Gasteiger partial charge is 0.411 e. The summed E-state index contributed by atoms with van der Waals surface area (Å²) in [4.78, 5) is 15.3. The van der Waals surface area contributed by atoms with Gasteiger partial charge < -0.3 is 15.8 Å². The highest BCUT2D eigenvalue weighted by Gasteiger charge is 2.00. The van der Waals surface area contributed by atoms with Crippen LogP contribution < -0.4 is 16.4 Å². The molecule has 1 aromatic rings. The predicted octanol–water partition coefficient (Wildman–Crippen LogP) is 2.54. The number of nitrogens with zero attached hydrogens (tertiary/aromatic N) is 1. The number of nitrogens with one attached hydrogen (secondary N) is 2. The fraction of sp³-hybridized carbons (Fsp3) is 0.429. The van der Waals surface area contributed by atoms with E-state index in [0.29, 0.717) is 24.1 Å². The van der Waals surface area contributed by atoms with E-state index in [1.54, 1.807) is 12.1 Å². The van der Waals surface area contributed by atoms with Gasteiger partial charge in [0, 0.05) is 12.2 Å². The van der Waals surface area contributed by atoms with Crippen LogP contribution in [0.25, 0.3) is 0 Å². The van der Waals surface area contributed by atoms with Crippen molar-refractivity contribution in [2.45, 2.75) is 20.4 Å². The van der Waals surface area contributed by atoms with Gasteiger partial charge in [-0.1, -0.05) is 26.0 Å². The molecule has 118 valence electrons. The number of rotatable bonds is 5. The molecule has 1 rings (SSSR count). The SMILES string of the molecule is COC(=O)Nc1ccc(CN=C(N)NCC(C)C)cc1.I. The van der Waals surface area contributed by atoms with E-state index >= 15 is 0 Å². The van der Waals surface area contributed by atoms with E-state index in [1.807, 2.05) is 12.1 Å². The van der Waals surface area contributed by atoms with Gasteiger partial charge in [0.1, 0.15) is 0 Å². The van der Waals surface area contributed by atoms with Gasteiger partial charge in [-0.2, -0.15) is 0 Å². The van der Waals surface area contributed by atoms with Crippen molar-refractivity contribution in [2.75, 3.05) is 19.0 Å². The summed E-state index contributed by atoms with van der Waals surface area (Å²) in [6, 6.07) is 7.34. The number of amides is 1. The maximum Gasteiger partial charge on any atom is 0.411 e. The number of halogens is 1. The molecule has 1 aromatic carbocycles. The monoisotopic (exact) mass is 406 g/mol. The molecule has 0 aliphatic rings. The van der Waals surface area contributed by atoms with E-state index in [2.05, 4.69) is 34.2 Å². The Hall–Kier alpha value is -1.51. The summed E-state index contributed by atoms with van der Waals surface area (Å²) in [5.41, 5.74) is 7.43. The Balaban J connectivity index is 0.00000400. The second-order valence-electron chi connectivity index (χ2n) is 4.79. The second kappa shape index (κ2) is 10.3. The van der Waals surface area contributed by atoms with E-state index < -0.39 is 6.09 Å². The van der Waals surface area contributed by atoms with Crippen molar-refractivity contribution in [1.29, 1.82) is 0 Å². The van der Waals surface area contributed by atoms with E-state index in [-0.39, 0.29) is 24.0 Å². The zero-order chi connectivity index (χ0) is 15.0. The molecule has 0 saturated heterocycles. The molecule has 0 atom stereocenters. The van der Waals surface area contributed by atoms with E-state index in [0.717, 1.165) is 12.1 Å². The molecular weight excluding hydrogens is 383 g/mol. The minimum absolute atomic E-state index is 0. The lowest BCUT2D eigenvalue weighted by atomic mass is 10.2. The average Bonchev–Trinajstić information content (AvgIpc) is 2.44. The Morgan fingerprint density at radius 3 is 2.48 bits per heavy atom. The van der Waals surface area contributed by atoms with Crippen LogP contribution in [0.5, 0.6) is 0 Å². The maximum absolute atomic E-state index is 11.0. The Morgan fingerprint density at radius 1 is 1.33 bits per heavy atom. The number of ether oxygens (including phenoxy) is 1. The molecule has 1 amide bonds. The molecular formula is C14H23IN4O2. The Kier molecular flexibility index (Phi) is 9.51. The fourth-order valence-electron chi connectivity index (χ4n) is 1.40. The number of nitrogens with two attached hydrogens (primary N) is 1. The molecule has 0 bridgehead atoms. The lowest BCUT2D eigenvalue weighted by Gasteiger charge is -2.08. The standard InChI is InChI=1S/C14H22N4O2.HI/c1-10(2)8-16-13(15)17-9-11-4-6-12(7-5-11)18-14(19)20-3;/h4-7,10H,8-9H2,1-3H3,(H,18,19)(H3,15,16,17);1H. The Bertz CT molecular complexity index is 461. The van der Waals surface area contributed by atoms with Gasteiger partial charge in [-0.25, -0.2) is 9.79 Å². The van der Waals surface area contributed by atoms with E-state index in [4.69, 9.17) is 5.73 Å². The zero-order valence-corrected chi connectivity index (χ0v) is 14.9. The summed E-state index contributed by atoms with van der Waals surface area (Å²) >= 11 is 0. The summed E-state index contributed by atoms with van der Waals surface area (Å²) in [5, 5.41) is 5.63. The summed E-state index contributed by atoms with van der Waals surface area (Å²) in [6.07, 6.45) is -0.488. The first-order chi connectivity index (χ1) is 9.51. The zero-order valence-electron chi connectivity index (χ0n) is 12.6. The lowest BCUT2D eigenvalue weighted by molar-refractivity contribution is 0.187. The number of carbonyl (C=O) groups excluding carboxylic acids is 1. The second-order valence-corrected chi connectivity index (χ2v) is 4.79. The van der Waals surface area contributed by atoms with Crippen molar-refractivity contribution >= 4 is 41.7 Å². The number of aliphatic imine (C=N–C) groups is 1. The van der Waals surface area contributed by atoms with E-state index in [9.17, 15) is 4.79 Å². The molecule has 7 heteroatoms. The van der Waals surface area contributed by atoms with Crippen molar-refractivity contribution in [3.8, 4) is 0 Å². The first-order valence-corrected chi connectivity index (χ1v) is 6.49. The third kappa shape index (κ3) is 8.38. The molecule has 0 aromatic heterocycles. The van der Waals surface area contributed by atoms with Crippen molar-refractivity contribution in [3.05, 3.63) is 29.8 Å². The first kappa shape index (κ1) is 19.5. The third-order valence-electron chi connectivity index (χ3n) is 2.51. The van der Waals surface area contributed by atoms with Gasteiger partial charge in [-0.3, -0.25) is 5.32 Å². The summed E-state index contributed by atoms with van der Waals surface area (Å²) < 4.78 is 4.51. The predicted molar refractivity (Wildman–Crippen MR) is 96.1 cm³/mol. The largest absolute Gasteiger partial charge is 0.453 e. The van der Waals surface area contributed by atoms with Crippen LogP contribution in [0.2, 0.25) is 0 Å². The topological polar surface area (TPSA) is 88.7 Å². The van der Waals surface area contributed by atoms with Crippen LogP contribution in [0.1, 0.15) is 19.4 Å². The van der Waals surface area contributed by atoms with Crippen LogP contribution in [-0.4, -0.2) is 25.7 Å². The Labute approximate surface area is 142 Å². The molecule has 21 heavy (non-hydrogen) atoms. The average molecular weight is 406 g/mol. The highest BCUT2D eigenvalue weighted by molar-refractivity contribution is 14.0. The van der Waals surface area contributed by atoms with Crippen LogP contribution in [0, 0.1) is 5.92 Å². The quantitative estimate of drug-likeness (QED) is 0.399. The van der Waals surface area contributed by atoms with Gasteiger partial charge in [0.15, 0.2) is 5.96 Å². The van der Waals surface area contributed by atoms with Crippen molar-refractivity contribution in [1.82, 2.24) is 5.32 Å². The number of hydrogen-bond acceptors (Lipinski definition) is 3. The molecule has 6 nitrogen and oxygen atoms in total. The molecule has 4 N–H and O–H groups in total. The minimum atomic E-state index is -0.488. The van der Waals surface area contributed by atoms with Gasteiger partial charge in [0.05, 0.1) is 13.7 Å². The molecule has 0 heterocycles. The minimum Gasteiger partial charge on any atom is -0.453 e. The van der Waals surface area contributed by atoms with Crippen LogP contribution in [0.15, 0.2) is 29.3 Å². The molecule has 0 aliphatic heterocycles. The Morgan fingerprint density at radius 2 is 1.95 bits per heavy atom. The highest BCUT2D eigenvalue weighted by Crippen LogP contribution is 2.10. The first-order valence-electron chi connectivity index (χ1n) is 6.49. The van der Waals surface area contributed by atoms with Crippen molar-refractivity contribution in [2.24, 2.45) is 16.6 Å². The number of methoxy groups -OCH3 is 1. The van der Waals surface area contributed by atoms with Gasteiger partial charge in [-0.15, -0.1) is 24.0 Å². The van der Waals surface area contributed by atoms with Gasteiger partial charge in [0.2, 0.25) is 0 Å². The van der Waals surface area contributed by atoms with Gasteiger partial charge in [0.25, 0.3) is 0 Å². The van der Waals surface area contributed by atoms with E-state index in [1.165, 1.54) is 7.11 Å². The van der Waals surface area contributed by atoms with Crippen LogP contribution in [0.4, 0.5) is 10.5 Å². The molecule has 0 unspecified atom stereocenters. The van der Waals surface area contributed by atoms with Crippen molar-refractivity contribution < 1.29 is 9.53 Å². The third-order valence-corrected chi connectivity index (χ3v) is 2.51. The summed E-state index contributed by atoms with van der Waals surface area (Å²) in [5.74, 6) is 0.961. The van der Waals surface area contributed by atoms with Gasteiger partial charge >= 0.3 is 6.09 Å². The maximum atomic E-state index is 11.0. The number of carbonyl (C=O) groups is 1. The van der Waals surface area contributed by atoms with Crippen LogP contribution >= 0.6 is 24.0 Å². The fourth-order valence-corrected chi connectivity index (χ4v) is 1.40. The molecule has 0 spiro atoms. The highest BCUT2D eigenvalue weighted by atomic mass is 127. The molecule has 0 aliphatic carbocycles. The summed E-state index contributed by atoms with van der Waals surface area (Å²) in [6.45, 7) is 5.51.